The summed E-state index contributed by atoms with van der Waals surface area (Å²) in [7, 11) is 2.01. The van der Waals surface area contributed by atoms with E-state index in [1.165, 1.54) is 12.1 Å². The van der Waals surface area contributed by atoms with Crippen molar-refractivity contribution in [3.05, 3.63) is 59.5 Å². The van der Waals surface area contributed by atoms with Gasteiger partial charge in [-0.1, -0.05) is 17.3 Å². The lowest BCUT2D eigenvalue weighted by Gasteiger charge is -2.22. The zero-order chi connectivity index (χ0) is 26.0. The Morgan fingerprint density at radius 3 is 2.43 bits per heavy atom. The summed E-state index contributed by atoms with van der Waals surface area (Å²) in [6.07, 6.45) is 0.237. The van der Waals surface area contributed by atoms with E-state index in [2.05, 4.69) is 46.5 Å². The second kappa shape index (κ2) is 12.8. The molecule has 0 aliphatic carbocycles. The van der Waals surface area contributed by atoms with Crippen molar-refractivity contribution in [1.29, 1.82) is 0 Å². The third-order valence-electron chi connectivity index (χ3n) is 4.96. The van der Waals surface area contributed by atoms with E-state index in [9.17, 15) is 13.2 Å². The second-order valence-electron chi connectivity index (χ2n) is 7.98. The molecule has 0 radical (unpaired) electrons. The molecule has 0 spiro atoms. The van der Waals surface area contributed by atoms with Crippen molar-refractivity contribution in [2.24, 2.45) is 0 Å². The number of nitrogen functional groups attached to an aromatic ring is 1. The minimum absolute atomic E-state index is 0.0350. The number of terminal acetylenes is 1. The highest BCUT2D eigenvalue weighted by molar-refractivity contribution is 5.73. The van der Waals surface area contributed by atoms with Crippen LogP contribution in [0, 0.1) is 12.3 Å². The summed E-state index contributed by atoms with van der Waals surface area (Å²) in [4.78, 5) is 6.45. The molecule has 0 saturated heterocycles. The van der Waals surface area contributed by atoms with Gasteiger partial charge in [0.2, 0.25) is 5.82 Å². The van der Waals surface area contributed by atoms with Crippen molar-refractivity contribution in [2.45, 2.75) is 46.2 Å². The van der Waals surface area contributed by atoms with Crippen LogP contribution in [0.5, 0.6) is 0 Å². The summed E-state index contributed by atoms with van der Waals surface area (Å²) >= 11 is 0. The van der Waals surface area contributed by atoms with Gasteiger partial charge in [0, 0.05) is 11.6 Å². The molecule has 188 valence electrons. The van der Waals surface area contributed by atoms with Crippen LogP contribution in [0.2, 0.25) is 0 Å². The fraction of sp³-hybridized carbons (Fsp3) is 0.360. The normalized spacial score (nSPS) is 11.2. The summed E-state index contributed by atoms with van der Waals surface area (Å²) in [5.41, 5.74) is 8.07. The Bertz CT molecular complexity index is 1110. The molecule has 0 amide bonds. The molecule has 7 nitrogen and oxygen atoms in total. The summed E-state index contributed by atoms with van der Waals surface area (Å²) in [6.45, 7) is 6.63. The third kappa shape index (κ3) is 8.63. The molecule has 10 heteroatoms. The molecule has 3 N–H and O–H groups in total. The smallest absolute Gasteiger partial charge is 0.397 e. The summed E-state index contributed by atoms with van der Waals surface area (Å²) in [5.74, 6) is 2.90. The van der Waals surface area contributed by atoms with Gasteiger partial charge in [0.25, 0.3) is 5.89 Å². The van der Waals surface area contributed by atoms with E-state index in [-0.39, 0.29) is 19.1 Å². The quantitative estimate of drug-likeness (QED) is 0.236. The number of ether oxygens (including phenoxy) is 1. The van der Waals surface area contributed by atoms with Crippen LogP contribution in [0.25, 0.3) is 11.4 Å². The van der Waals surface area contributed by atoms with Crippen LogP contribution < -0.4 is 11.1 Å². The highest BCUT2D eigenvalue weighted by Crippen LogP contribution is 2.29. The minimum atomic E-state index is -4.36. The van der Waals surface area contributed by atoms with Gasteiger partial charge in [-0.2, -0.15) is 18.2 Å². The van der Waals surface area contributed by atoms with Gasteiger partial charge in [-0.25, -0.2) is 0 Å². The number of alkyl halides is 3. The van der Waals surface area contributed by atoms with Crippen LogP contribution in [0.15, 0.2) is 47.0 Å². The molecule has 0 aliphatic heterocycles. The summed E-state index contributed by atoms with van der Waals surface area (Å²) < 4.78 is 48.6. The lowest BCUT2D eigenvalue weighted by Crippen LogP contribution is -2.31. The summed E-state index contributed by atoms with van der Waals surface area (Å²) in [5, 5.41) is 7.27. The van der Waals surface area contributed by atoms with Gasteiger partial charge in [-0.3, -0.25) is 4.90 Å². The van der Waals surface area contributed by atoms with Crippen molar-refractivity contribution >= 4 is 11.4 Å². The molecule has 0 bridgehead atoms. The van der Waals surface area contributed by atoms with Crippen molar-refractivity contribution in [3.63, 3.8) is 0 Å². The molecular formula is C25H30F3N5O2. The van der Waals surface area contributed by atoms with E-state index in [0.717, 1.165) is 23.4 Å². The average Bonchev–Trinajstić information content (AvgIpc) is 3.27. The highest BCUT2D eigenvalue weighted by atomic mass is 19.4. The van der Waals surface area contributed by atoms with E-state index < -0.39 is 11.7 Å². The average molecular weight is 490 g/mol. The number of hydrogen-bond donors (Lipinski definition) is 2. The molecule has 35 heavy (non-hydrogen) atoms. The van der Waals surface area contributed by atoms with Crippen LogP contribution >= 0.6 is 0 Å². The van der Waals surface area contributed by atoms with Gasteiger partial charge >= 0.3 is 6.18 Å². The second-order valence-corrected chi connectivity index (χ2v) is 7.98. The van der Waals surface area contributed by atoms with Gasteiger partial charge in [-0.15, -0.1) is 12.3 Å². The Morgan fingerprint density at radius 1 is 1.17 bits per heavy atom. The number of hydrogen-bond acceptors (Lipinski definition) is 7. The predicted octanol–water partition coefficient (Wildman–Crippen LogP) is 5.40. The maximum Gasteiger partial charge on any atom is 0.416 e. The Morgan fingerprint density at radius 2 is 1.83 bits per heavy atom. The molecule has 1 aromatic heterocycles. The van der Waals surface area contributed by atoms with Crippen LogP contribution in [-0.2, 0) is 24.1 Å². The molecule has 0 atom stereocenters. The molecule has 1 heterocycles. The van der Waals surface area contributed by atoms with Crippen LogP contribution in [0.4, 0.5) is 24.5 Å². The number of aromatic nitrogens is 2. The van der Waals surface area contributed by atoms with Crippen molar-refractivity contribution in [1.82, 2.24) is 15.0 Å². The number of rotatable bonds is 9. The molecule has 2 aromatic carbocycles. The van der Waals surface area contributed by atoms with E-state index in [1.807, 2.05) is 13.1 Å². The molecule has 0 fully saturated rings. The Hall–Kier alpha value is -3.55. The van der Waals surface area contributed by atoms with Crippen LogP contribution in [-0.4, -0.2) is 34.8 Å². The van der Waals surface area contributed by atoms with Gasteiger partial charge < -0.3 is 20.3 Å². The number of halogens is 3. The van der Waals surface area contributed by atoms with Gasteiger partial charge in [-0.05, 0) is 63.7 Å². The molecule has 0 saturated carbocycles. The minimum Gasteiger partial charge on any atom is -0.397 e. The van der Waals surface area contributed by atoms with Crippen LogP contribution in [0.1, 0.15) is 37.8 Å². The molecular weight excluding hydrogens is 459 g/mol. The fourth-order valence-electron chi connectivity index (χ4n) is 2.72. The first kappa shape index (κ1) is 27.7. The number of nitrogens with zero attached hydrogens (tertiary/aromatic N) is 3. The van der Waals surface area contributed by atoms with Crippen molar-refractivity contribution in [2.75, 3.05) is 24.8 Å². The molecule has 0 aliphatic rings. The Balaban J connectivity index is 0.00000137. The van der Waals surface area contributed by atoms with Crippen molar-refractivity contribution < 1.29 is 22.4 Å². The first-order chi connectivity index (χ1) is 16.5. The topological polar surface area (TPSA) is 89.4 Å². The van der Waals surface area contributed by atoms with Crippen molar-refractivity contribution in [3.8, 4) is 23.7 Å². The van der Waals surface area contributed by atoms with E-state index in [1.54, 1.807) is 19.1 Å². The van der Waals surface area contributed by atoms with Gasteiger partial charge in [0.05, 0.1) is 30.2 Å². The molecule has 3 rings (SSSR count). The fourth-order valence-corrected chi connectivity index (χ4v) is 2.72. The monoisotopic (exact) mass is 489 g/mol. The highest BCUT2D eigenvalue weighted by Gasteiger charge is 2.29. The zero-order valence-electron chi connectivity index (χ0n) is 20.2. The number of benzene rings is 2. The van der Waals surface area contributed by atoms with Crippen LogP contribution in [0.3, 0.4) is 0 Å². The lowest BCUT2D eigenvalue weighted by atomic mass is 10.1. The maximum atomic E-state index is 12.6. The Kier molecular flexibility index (Phi) is 10.1. The van der Waals surface area contributed by atoms with E-state index in [0.29, 0.717) is 29.8 Å². The first-order valence-corrected chi connectivity index (χ1v) is 10.8. The lowest BCUT2D eigenvalue weighted by molar-refractivity contribution is -0.137. The maximum absolute atomic E-state index is 12.6. The van der Waals surface area contributed by atoms with E-state index in [4.69, 9.17) is 15.0 Å². The number of anilines is 2. The predicted molar refractivity (Wildman–Crippen MR) is 130 cm³/mol. The van der Waals surface area contributed by atoms with Gasteiger partial charge in [0.15, 0.2) is 0 Å². The summed E-state index contributed by atoms with van der Waals surface area (Å²) in [6, 6.07) is 10.6. The van der Waals surface area contributed by atoms with E-state index >= 15 is 0 Å². The SMILES string of the molecule is C#CC.CC(C)N(C)CNc1cc(-c2noc(COCc3ccc(C(F)(F)F)cc3)n2)ccc1N. The zero-order valence-corrected chi connectivity index (χ0v) is 20.2. The standard InChI is InChI=1S/C22H26F3N5O2.C3H4/c1-14(2)30(3)13-27-19-10-16(6-9-18(19)26)21-28-20(32-29-21)12-31-11-15-4-7-17(8-5-15)22(23,24)25;1-3-2/h4-10,14,27H,11-13,26H2,1-3H3;1H,2H3. The number of nitrogens with two attached hydrogens (primary N) is 1. The molecule has 0 unspecified atom stereocenters. The first-order valence-electron chi connectivity index (χ1n) is 10.8. The third-order valence-corrected chi connectivity index (χ3v) is 4.96. The molecule has 3 aromatic rings. The largest absolute Gasteiger partial charge is 0.416 e. The number of nitrogens with one attached hydrogen (secondary N) is 1. The van der Waals surface area contributed by atoms with Gasteiger partial charge in [0.1, 0.15) is 6.61 Å². The Labute approximate surface area is 203 Å².